The molecule has 12 heavy (non-hydrogen) atoms. The highest BCUT2D eigenvalue weighted by atomic mass is 16.2. The predicted octanol–water partition coefficient (Wildman–Crippen LogP) is 0.736. The Morgan fingerprint density at radius 2 is 2.25 bits per heavy atom. The van der Waals surface area contributed by atoms with E-state index < -0.39 is 0 Å². The van der Waals surface area contributed by atoms with Crippen LogP contribution in [0.25, 0.3) is 0 Å². The molecule has 0 bridgehead atoms. The van der Waals surface area contributed by atoms with E-state index in [1.54, 1.807) is 0 Å². The van der Waals surface area contributed by atoms with E-state index in [-0.39, 0.29) is 5.91 Å². The van der Waals surface area contributed by atoms with Gasteiger partial charge in [0.1, 0.15) is 0 Å². The van der Waals surface area contributed by atoms with Crippen LogP contribution in [0.4, 0.5) is 0 Å². The van der Waals surface area contributed by atoms with Gasteiger partial charge in [-0.25, -0.2) is 0 Å². The summed E-state index contributed by atoms with van der Waals surface area (Å²) in [6.45, 7) is 3.67. The summed E-state index contributed by atoms with van der Waals surface area (Å²) in [5.41, 5.74) is 5.80. The van der Waals surface area contributed by atoms with E-state index in [1.165, 1.54) is 0 Å². The van der Waals surface area contributed by atoms with Gasteiger partial charge in [-0.05, 0) is 19.3 Å². The van der Waals surface area contributed by atoms with Crippen molar-refractivity contribution in [3.63, 3.8) is 0 Å². The lowest BCUT2D eigenvalue weighted by molar-refractivity contribution is -0.130. The monoisotopic (exact) mass is 170 g/mol. The predicted molar refractivity (Wildman–Crippen MR) is 48.7 cm³/mol. The number of hydrogen-bond donors (Lipinski definition) is 1. The van der Waals surface area contributed by atoms with Gasteiger partial charge in [0.15, 0.2) is 0 Å². The molecule has 0 radical (unpaired) electrons. The van der Waals surface area contributed by atoms with E-state index in [0.29, 0.717) is 12.5 Å². The first-order valence-corrected chi connectivity index (χ1v) is 4.77. The first kappa shape index (κ1) is 9.52. The molecule has 1 unspecified atom stereocenters. The smallest absolute Gasteiger partial charge is 0.222 e. The second-order valence-electron chi connectivity index (χ2n) is 3.43. The summed E-state index contributed by atoms with van der Waals surface area (Å²) in [5.74, 6) is 0.268. The Balaban J connectivity index is 2.40. The maximum absolute atomic E-state index is 11.3. The largest absolute Gasteiger partial charge is 0.343 e. The van der Waals surface area contributed by atoms with Gasteiger partial charge in [-0.3, -0.25) is 4.79 Å². The van der Waals surface area contributed by atoms with E-state index >= 15 is 0 Å². The maximum Gasteiger partial charge on any atom is 0.222 e. The fourth-order valence-electron chi connectivity index (χ4n) is 1.60. The lowest BCUT2D eigenvalue weighted by atomic mass is 10.1. The Morgan fingerprint density at radius 3 is 2.92 bits per heavy atom. The molecule has 1 aliphatic heterocycles. The van der Waals surface area contributed by atoms with Gasteiger partial charge in [0.05, 0.1) is 0 Å². The van der Waals surface area contributed by atoms with E-state index in [2.05, 4.69) is 0 Å². The highest BCUT2D eigenvalue weighted by molar-refractivity contribution is 5.75. The number of amides is 1. The van der Waals surface area contributed by atoms with Crippen LogP contribution in [0.3, 0.4) is 0 Å². The summed E-state index contributed by atoms with van der Waals surface area (Å²) in [6, 6.07) is 0.305. The Morgan fingerprint density at radius 1 is 1.50 bits per heavy atom. The fraction of sp³-hybridized carbons (Fsp3) is 0.889. The quantitative estimate of drug-likeness (QED) is 0.630. The summed E-state index contributed by atoms with van der Waals surface area (Å²) in [4.78, 5) is 13.2. The number of nitrogens with two attached hydrogens (primary N) is 1. The summed E-state index contributed by atoms with van der Waals surface area (Å²) in [7, 11) is 0. The van der Waals surface area contributed by atoms with Gasteiger partial charge in [-0.1, -0.05) is 6.92 Å². The number of nitrogens with zero attached hydrogens (tertiary/aromatic N) is 1. The van der Waals surface area contributed by atoms with Crippen LogP contribution in [0.15, 0.2) is 0 Å². The molecule has 3 heteroatoms. The van der Waals surface area contributed by atoms with Gasteiger partial charge in [-0.15, -0.1) is 0 Å². The summed E-state index contributed by atoms with van der Waals surface area (Å²) >= 11 is 0. The van der Waals surface area contributed by atoms with E-state index in [0.717, 1.165) is 32.4 Å². The molecule has 1 heterocycles. The zero-order valence-corrected chi connectivity index (χ0v) is 7.75. The zero-order chi connectivity index (χ0) is 8.97. The Labute approximate surface area is 73.9 Å². The number of rotatable bonds is 1. The normalized spacial score (nSPS) is 25.2. The molecule has 2 N–H and O–H groups in total. The summed E-state index contributed by atoms with van der Waals surface area (Å²) in [5, 5.41) is 0. The van der Waals surface area contributed by atoms with Crippen LogP contribution in [0, 0.1) is 0 Å². The molecule has 0 aromatic rings. The van der Waals surface area contributed by atoms with Gasteiger partial charge in [0.25, 0.3) is 0 Å². The van der Waals surface area contributed by atoms with Crippen molar-refractivity contribution in [2.45, 2.75) is 38.6 Å². The summed E-state index contributed by atoms with van der Waals surface area (Å²) in [6.07, 6.45) is 3.71. The minimum atomic E-state index is 0.268. The molecule has 1 fully saturated rings. The number of carbonyl (C=O) groups is 1. The third kappa shape index (κ3) is 2.48. The molecule has 3 nitrogen and oxygen atoms in total. The molecule has 1 rings (SSSR count). The Bertz CT molecular complexity index is 159. The van der Waals surface area contributed by atoms with Crippen LogP contribution in [0.5, 0.6) is 0 Å². The van der Waals surface area contributed by atoms with Crippen molar-refractivity contribution in [2.24, 2.45) is 5.73 Å². The number of carbonyl (C=O) groups excluding carboxylic acids is 1. The SMILES string of the molecule is CCC(=O)N1CCCC(N)CC1. The van der Waals surface area contributed by atoms with E-state index in [4.69, 9.17) is 5.73 Å². The van der Waals surface area contributed by atoms with Crippen molar-refractivity contribution in [1.29, 1.82) is 0 Å². The number of likely N-dealkylation sites (tertiary alicyclic amines) is 1. The molecule has 0 spiro atoms. The molecule has 0 aromatic heterocycles. The van der Waals surface area contributed by atoms with Crippen molar-refractivity contribution in [3.05, 3.63) is 0 Å². The molecule has 0 aliphatic carbocycles. The maximum atomic E-state index is 11.3. The van der Waals surface area contributed by atoms with Gasteiger partial charge in [0.2, 0.25) is 5.91 Å². The van der Waals surface area contributed by atoms with Gasteiger partial charge < -0.3 is 10.6 Å². The zero-order valence-electron chi connectivity index (χ0n) is 7.75. The van der Waals surface area contributed by atoms with Crippen molar-refractivity contribution >= 4 is 5.91 Å². The van der Waals surface area contributed by atoms with E-state index in [9.17, 15) is 4.79 Å². The van der Waals surface area contributed by atoms with Crippen LogP contribution < -0.4 is 5.73 Å². The lowest BCUT2D eigenvalue weighted by Crippen LogP contribution is -2.32. The second kappa shape index (κ2) is 4.45. The van der Waals surface area contributed by atoms with Crippen LogP contribution >= 0.6 is 0 Å². The molecular weight excluding hydrogens is 152 g/mol. The Kier molecular flexibility index (Phi) is 3.53. The van der Waals surface area contributed by atoms with Crippen molar-refractivity contribution in [1.82, 2.24) is 4.90 Å². The van der Waals surface area contributed by atoms with E-state index in [1.807, 2.05) is 11.8 Å². The molecule has 1 saturated heterocycles. The van der Waals surface area contributed by atoms with Crippen LogP contribution in [0.1, 0.15) is 32.6 Å². The van der Waals surface area contributed by atoms with Gasteiger partial charge in [-0.2, -0.15) is 0 Å². The van der Waals surface area contributed by atoms with Crippen molar-refractivity contribution in [3.8, 4) is 0 Å². The molecule has 1 atom stereocenters. The average Bonchev–Trinajstić information content (AvgIpc) is 2.29. The van der Waals surface area contributed by atoms with Crippen LogP contribution in [-0.2, 0) is 4.79 Å². The highest BCUT2D eigenvalue weighted by Gasteiger charge is 2.16. The molecule has 0 saturated carbocycles. The minimum Gasteiger partial charge on any atom is -0.343 e. The Hall–Kier alpha value is -0.570. The number of hydrogen-bond acceptors (Lipinski definition) is 2. The molecule has 1 aliphatic rings. The van der Waals surface area contributed by atoms with Crippen molar-refractivity contribution < 1.29 is 4.79 Å². The molecular formula is C9H18N2O. The van der Waals surface area contributed by atoms with Gasteiger partial charge >= 0.3 is 0 Å². The first-order valence-electron chi connectivity index (χ1n) is 4.77. The van der Waals surface area contributed by atoms with Crippen molar-refractivity contribution in [2.75, 3.05) is 13.1 Å². The molecule has 70 valence electrons. The lowest BCUT2D eigenvalue weighted by Gasteiger charge is -2.19. The van der Waals surface area contributed by atoms with Gasteiger partial charge in [0, 0.05) is 25.6 Å². The third-order valence-corrected chi connectivity index (χ3v) is 2.43. The standard InChI is InChI=1S/C9H18N2O/c1-2-9(12)11-6-3-4-8(10)5-7-11/h8H,2-7,10H2,1H3. The summed E-state index contributed by atoms with van der Waals surface area (Å²) < 4.78 is 0. The van der Waals surface area contributed by atoms with Crippen LogP contribution in [0.2, 0.25) is 0 Å². The minimum absolute atomic E-state index is 0.268. The molecule has 1 amide bonds. The topological polar surface area (TPSA) is 46.3 Å². The first-order chi connectivity index (χ1) is 5.74. The fourth-order valence-corrected chi connectivity index (χ4v) is 1.60. The highest BCUT2D eigenvalue weighted by Crippen LogP contribution is 2.09. The molecule has 0 aromatic carbocycles. The second-order valence-corrected chi connectivity index (χ2v) is 3.43. The third-order valence-electron chi connectivity index (χ3n) is 2.43. The van der Waals surface area contributed by atoms with Crippen LogP contribution in [-0.4, -0.2) is 29.9 Å². The average molecular weight is 170 g/mol.